The third kappa shape index (κ3) is 4.24. The molecule has 2 heterocycles. The molecule has 0 aliphatic heterocycles. The third-order valence-corrected chi connectivity index (χ3v) is 2.72. The standard InChI is InChI=1S/C15H20N4O2/c1-10(2)21-15-12(16)5-6-13(19-15)17-8-11-4-7-14(20-3)18-9-11/h4-7,9-10H,8,16H2,1-3H3,(H,17,19). The highest BCUT2D eigenvalue weighted by Crippen LogP contribution is 2.22. The Kier molecular flexibility index (Phi) is 4.81. The van der Waals surface area contributed by atoms with E-state index in [1.54, 1.807) is 19.4 Å². The molecule has 0 amide bonds. The van der Waals surface area contributed by atoms with Crippen molar-refractivity contribution < 1.29 is 9.47 Å². The zero-order valence-electron chi connectivity index (χ0n) is 12.5. The molecule has 2 aromatic rings. The summed E-state index contributed by atoms with van der Waals surface area (Å²) in [6.07, 6.45) is 1.79. The minimum atomic E-state index is 0.0286. The molecular formula is C15H20N4O2. The number of nitrogens with one attached hydrogen (secondary N) is 1. The molecule has 0 fully saturated rings. The second kappa shape index (κ2) is 6.78. The molecule has 0 spiro atoms. The van der Waals surface area contributed by atoms with Gasteiger partial charge in [0.2, 0.25) is 11.8 Å². The van der Waals surface area contributed by atoms with E-state index < -0.39 is 0 Å². The summed E-state index contributed by atoms with van der Waals surface area (Å²) in [6, 6.07) is 7.36. The molecule has 0 bridgehead atoms. The van der Waals surface area contributed by atoms with Gasteiger partial charge in [-0.05, 0) is 31.5 Å². The number of aromatic nitrogens is 2. The molecule has 0 saturated carbocycles. The van der Waals surface area contributed by atoms with Gasteiger partial charge in [0.15, 0.2) is 0 Å². The number of nitrogens with two attached hydrogens (primary N) is 1. The predicted octanol–water partition coefficient (Wildman–Crippen LogP) is 2.47. The summed E-state index contributed by atoms with van der Waals surface area (Å²) in [4.78, 5) is 8.51. The van der Waals surface area contributed by atoms with Crippen molar-refractivity contribution in [3.63, 3.8) is 0 Å². The lowest BCUT2D eigenvalue weighted by molar-refractivity contribution is 0.234. The Hall–Kier alpha value is -2.50. The lowest BCUT2D eigenvalue weighted by atomic mass is 10.3. The first kappa shape index (κ1) is 14.9. The van der Waals surface area contributed by atoms with Crippen molar-refractivity contribution >= 4 is 11.5 Å². The Balaban J connectivity index is 2.02. The Morgan fingerprint density at radius 3 is 2.67 bits per heavy atom. The van der Waals surface area contributed by atoms with Gasteiger partial charge in [0.25, 0.3) is 0 Å². The topological polar surface area (TPSA) is 82.3 Å². The molecule has 112 valence electrons. The monoisotopic (exact) mass is 288 g/mol. The van der Waals surface area contributed by atoms with Crippen molar-refractivity contribution in [2.75, 3.05) is 18.2 Å². The number of pyridine rings is 2. The number of ether oxygens (including phenoxy) is 2. The number of methoxy groups -OCH3 is 1. The van der Waals surface area contributed by atoms with Crippen molar-refractivity contribution in [2.45, 2.75) is 26.5 Å². The van der Waals surface area contributed by atoms with Crippen LogP contribution < -0.4 is 20.5 Å². The van der Waals surface area contributed by atoms with E-state index in [2.05, 4.69) is 15.3 Å². The second-order valence-corrected chi connectivity index (χ2v) is 4.82. The van der Waals surface area contributed by atoms with E-state index >= 15 is 0 Å². The van der Waals surface area contributed by atoms with E-state index in [1.165, 1.54) is 0 Å². The van der Waals surface area contributed by atoms with E-state index in [4.69, 9.17) is 15.2 Å². The van der Waals surface area contributed by atoms with E-state index in [0.717, 1.165) is 5.56 Å². The van der Waals surface area contributed by atoms with Crippen molar-refractivity contribution in [2.24, 2.45) is 0 Å². The molecule has 6 heteroatoms. The SMILES string of the molecule is COc1ccc(CNc2ccc(N)c(OC(C)C)n2)cn1. The van der Waals surface area contributed by atoms with Crippen molar-refractivity contribution in [1.82, 2.24) is 9.97 Å². The average Bonchev–Trinajstić information content (AvgIpc) is 2.48. The van der Waals surface area contributed by atoms with E-state index in [-0.39, 0.29) is 6.10 Å². The highest BCUT2D eigenvalue weighted by atomic mass is 16.5. The maximum absolute atomic E-state index is 5.84. The molecule has 0 aliphatic carbocycles. The van der Waals surface area contributed by atoms with Gasteiger partial charge in [-0.15, -0.1) is 0 Å². The summed E-state index contributed by atoms with van der Waals surface area (Å²) in [6.45, 7) is 4.48. The van der Waals surface area contributed by atoms with E-state index in [0.29, 0.717) is 29.8 Å². The molecule has 2 aromatic heterocycles. The number of rotatable bonds is 6. The van der Waals surface area contributed by atoms with Crippen molar-refractivity contribution in [1.29, 1.82) is 0 Å². The minimum Gasteiger partial charge on any atom is -0.481 e. The Morgan fingerprint density at radius 2 is 2.05 bits per heavy atom. The van der Waals surface area contributed by atoms with Gasteiger partial charge in [-0.1, -0.05) is 6.07 Å². The molecule has 2 rings (SSSR count). The highest BCUT2D eigenvalue weighted by Gasteiger charge is 2.06. The normalized spacial score (nSPS) is 10.5. The Bertz CT molecular complexity index is 585. The summed E-state index contributed by atoms with van der Waals surface area (Å²) in [5, 5.41) is 3.21. The van der Waals surface area contributed by atoms with Crippen LogP contribution in [0.25, 0.3) is 0 Å². The fourth-order valence-corrected chi connectivity index (χ4v) is 1.70. The summed E-state index contributed by atoms with van der Waals surface area (Å²) in [5.41, 5.74) is 7.39. The van der Waals surface area contributed by atoms with Gasteiger partial charge in [-0.3, -0.25) is 0 Å². The maximum atomic E-state index is 5.84. The minimum absolute atomic E-state index is 0.0286. The quantitative estimate of drug-likeness (QED) is 0.849. The molecule has 0 unspecified atom stereocenters. The van der Waals surface area contributed by atoms with Gasteiger partial charge < -0.3 is 20.5 Å². The van der Waals surface area contributed by atoms with Crippen LogP contribution >= 0.6 is 0 Å². The van der Waals surface area contributed by atoms with Gasteiger partial charge >= 0.3 is 0 Å². The zero-order valence-corrected chi connectivity index (χ0v) is 12.5. The van der Waals surface area contributed by atoms with Crippen LogP contribution in [0.2, 0.25) is 0 Å². The van der Waals surface area contributed by atoms with E-state index in [1.807, 2.05) is 32.0 Å². The fourth-order valence-electron chi connectivity index (χ4n) is 1.70. The van der Waals surface area contributed by atoms with Crippen LogP contribution in [0.5, 0.6) is 11.8 Å². The van der Waals surface area contributed by atoms with Gasteiger partial charge in [0.1, 0.15) is 5.82 Å². The van der Waals surface area contributed by atoms with Crippen molar-refractivity contribution in [3.8, 4) is 11.8 Å². The first-order valence-corrected chi connectivity index (χ1v) is 6.74. The molecule has 0 aromatic carbocycles. The predicted molar refractivity (Wildman–Crippen MR) is 82.5 cm³/mol. The second-order valence-electron chi connectivity index (χ2n) is 4.82. The van der Waals surface area contributed by atoms with Crippen LogP contribution in [0.4, 0.5) is 11.5 Å². The van der Waals surface area contributed by atoms with Crippen LogP contribution in [0.3, 0.4) is 0 Å². The van der Waals surface area contributed by atoms with Crippen LogP contribution in [0.1, 0.15) is 19.4 Å². The molecule has 0 aliphatic rings. The number of hydrogen-bond acceptors (Lipinski definition) is 6. The molecule has 0 radical (unpaired) electrons. The molecular weight excluding hydrogens is 268 g/mol. The Morgan fingerprint density at radius 1 is 1.24 bits per heavy atom. The lowest BCUT2D eigenvalue weighted by Gasteiger charge is -2.13. The van der Waals surface area contributed by atoms with Gasteiger partial charge in [0.05, 0.1) is 18.9 Å². The molecule has 0 saturated heterocycles. The molecule has 6 nitrogen and oxygen atoms in total. The van der Waals surface area contributed by atoms with Gasteiger partial charge in [-0.2, -0.15) is 4.98 Å². The first-order chi connectivity index (χ1) is 10.1. The summed E-state index contributed by atoms with van der Waals surface area (Å²) in [5.74, 6) is 1.75. The van der Waals surface area contributed by atoms with Crippen LogP contribution in [0, 0.1) is 0 Å². The highest BCUT2D eigenvalue weighted by molar-refractivity contribution is 5.53. The van der Waals surface area contributed by atoms with Gasteiger partial charge in [-0.25, -0.2) is 4.98 Å². The van der Waals surface area contributed by atoms with Crippen LogP contribution in [-0.4, -0.2) is 23.2 Å². The fraction of sp³-hybridized carbons (Fsp3) is 0.333. The summed E-state index contributed by atoms with van der Waals surface area (Å²) < 4.78 is 10.6. The summed E-state index contributed by atoms with van der Waals surface area (Å²) in [7, 11) is 1.59. The van der Waals surface area contributed by atoms with Crippen LogP contribution in [0.15, 0.2) is 30.5 Å². The Labute approximate surface area is 124 Å². The number of hydrogen-bond donors (Lipinski definition) is 2. The zero-order chi connectivity index (χ0) is 15.2. The number of nitrogens with zero attached hydrogens (tertiary/aromatic N) is 2. The molecule has 3 N–H and O–H groups in total. The number of anilines is 2. The van der Waals surface area contributed by atoms with Crippen LogP contribution in [-0.2, 0) is 6.54 Å². The van der Waals surface area contributed by atoms with Gasteiger partial charge in [0, 0.05) is 18.8 Å². The lowest BCUT2D eigenvalue weighted by Crippen LogP contribution is -2.10. The van der Waals surface area contributed by atoms with E-state index in [9.17, 15) is 0 Å². The third-order valence-electron chi connectivity index (χ3n) is 2.72. The maximum Gasteiger partial charge on any atom is 0.239 e. The molecule has 21 heavy (non-hydrogen) atoms. The molecule has 0 atom stereocenters. The number of nitrogen functional groups attached to an aromatic ring is 1. The van der Waals surface area contributed by atoms with Crippen molar-refractivity contribution in [3.05, 3.63) is 36.0 Å². The first-order valence-electron chi connectivity index (χ1n) is 6.74. The smallest absolute Gasteiger partial charge is 0.239 e. The summed E-state index contributed by atoms with van der Waals surface area (Å²) >= 11 is 0. The average molecular weight is 288 g/mol. The largest absolute Gasteiger partial charge is 0.481 e.